The first kappa shape index (κ1) is 9.93. The van der Waals surface area contributed by atoms with Crippen molar-refractivity contribution >= 4 is 10.8 Å². The summed E-state index contributed by atoms with van der Waals surface area (Å²) < 4.78 is 11.7. The Balaban J connectivity index is 2.86. The summed E-state index contributed by atoms with van der Waals surface area (Å²) in [6, 6.07) is 9.32. The SMILES string of the molecule is C=C(/C=C\C)S(=O)c1ccccc1. The van der Waals surface area contributed by atoms with Crippen LogP contribution in [-0.2, 0) is 10.8 Å². The molecule has 2 heteroatoms. The van der Waals surface area contributed by atoms with E-state index in [0.29, 0.717) is 4.91 Å². The standard InChI is InChI=1S/C11H12OS/c1-3-7-10(2)13(12)11-8-5-4-6-9-11/h3-9H,2H2,1H3/b7-3-. The van der Waals surface area contributed by atoms with Crippen molar-refractivity contribution in [2.75, 3.05) is 0 Å². The van der Waals surface area contributed by atoms with Gasteiger partial charge in [-0.05, 0) is 19.1 Å². The minimum atomic E-state index is -1.11. The maximum Gasteiger partial charge on any atom is 0.0843 e. The molecule has 0 saturated carbocycles. The molecule has 1 unspecified atom stereocenters. The van der Waals surface area contributed by atoms with Crippen LogP contribution in [0.3, 0.4) is 0 Å². The van der Waals surface area contributed by atoms with Crippen molar-refractivity contribution in [3.63, 3.8) is 0 Å². The quantitative estimate of drug-likeness (QED) is 0.673. The fraction of sp³-hybridized carbons (Fsp3) is 0.0909. The molecule has 0 aliphatic carbocycles. The van der Waals surface area contributed by atoms with Gasteiger partial charge in [-0.2, -0.15) is 0 Å². The Morgan fingerprint density at radius 2 is 2.00 bits per heavy atom. The van der Waals surface area contributed by atoms with Gasteiger partial charge in [-0.1, -0.05) is 36.9 Å². The van der Waals surface area contributed by atoms with E-state index in [1.807, 2.05) is 43.3 Å². The molecule has 1 aromatic carbocycles. The van der Waals surface area contributed by atoms with Crippen molar-refractivity contribution in [2.45, 2.75) is 11.8 Å². The van der Waals surface area contributed by atoms with Crippen LogP contribution in [0.15, 0.2) is 58.9 Å². The molecule has 1 atom stereocenters. The number of hydrogen-bond donors (Lipinski definition) is 0. The molecule has 13 heavy (non-hydrogen) atoms. The Morgan fingerprint density at radius 3 is 2.54 bits per heavy atom. The average Bonchev–Trinajstić information content (AvgIpc) is 2.18. The first-order valence-electron chi connectivity index (χ1n) is 4.04. The van der Waals surface area contributed by atoms with Gasteiger partial charge < -0.3 is 0 Å². The monoisotopic (exact) mass is 192 g/mol. The topological polar surface area (TPSA) is 17.1 Å². The highest BCUT2D eigenvalue weighted by Gasteiger charge is 2.03. The molecule has 68 valence electrons. The summed E-state index contributed by atoms with van der Waals surface area (Å²) in [7, 11) is -1.11. The third-order valence-electron chi connectivity index (χ3n) is 1.55. The molecular formula is C11H12OS. The lowest BCUT2D eigenvalue weighted by molar-refractivity contribution is 0.687. The molecule has 0 aliphatic rings. The van der Waals surface area contributed by atoms with Gasteiger partial charge in [0, 0.05) is 9.80 Å². The summed E-state index contributed by atoms with van der Waals surface area (Å²) in [5.41, 5.74) is 0. The predicted molar refractivity (Wildman–Crippen MR) is 56.8 cm³/mol. The van der Waals surface area contributed by atoms with Crippen LogP contribution in [0.4, 0.5) is 0 Å². The summed E-state index contributed by atoms with van der Waals surface area (Å²) >= 11 is 0. The summed E-state index contributed by atoms with van der Waals surface area (Å²) in [4.78, 5) is 1.43. The van der Waals surface area contributed by atoms with Gasteiger partial charge in [0.05, 0.1) is 10.8 Å². The Hall–Kier alpha value is -1.15. The Kier molecular flexibility index (Phi) is 3.65. The van der Waals surface area contributed by atoms with E-state index < -0.39 is 10.8 Å². The molecule has 0 saturated heterocycles. The van der Waals surface area contributed by atoms with Gasteiger partial charge in [-0.3, -0.25) is 0 Å². The molecule has 1 aromatic rings. The van der Waals surface area contributed by atoms with Crippen LogP contribution in [0.25, 0.3) is 0 Å². The molecule has 0 radical (unpaired) electrons. The summed E-state index contributed by atoms with van der Waals surface area (Å²) in [5.74, 6) is 0. The normalized spacial score (nSPS) is 13.0. The maximum atomic E-state index is 11.7. The lowest BCUT2D eigenvalue weighted by atomic mass is 10.4. The maximum absolute atomic E-state index is 11.7. The second kappa shape index (κ2) is 4.77. The predicted octanol–water partition coefficient (Wildman–Crippen LogP) is 2.88. The van der Waals surface area contributed by atoms with Crippen molar-refractivity contribution in [3.8, 4) is 0 Å². The number of benzene rings is 1. The fourth-order valence-electron chi connectivity index (χ4n) is 0.943. The zero-order valence-electron chi connectivity index (χ0n) is 7.57. The highest BCUT2D eigenvalue weighted by molar-refractivity contribution is 7.89. The molecule has 0 heterocycles. The van der Waals surface area contributed by atoms with E-state index in [2.05, 4.69) is 6.58 Å². The molecule has 0 spiro atoms. The van der Waals surface area contributed by atoms with E-state index in [9.17, 15) is 4.21 Å². The molecule has 0 aromatic heterocycles. The Labute approximate surface area is 81.3 Å². The van der Waals surface area contributed by atoms with E-state index in [1.54, 1.807) is 6.08 Å². The van der Waals surface area contributed by atoms with Crippen LogP contribution in [0, 0.1) is 0 Å². The molecule has 0 amide bonds. The minimum absolute atomic E-state index is 0.633. The third kappa shape index (κ3) is 2.67. The molecule has 0 N–H and O–H groups in total. The van der Waals surface area contributed by atoms with Gasteiger partial charge in [0.25, 0.3) is 0 Å². The van der Waals surface area contributed by atoms with Crippen molar-refractivity contribution in [2.24, 2.45) is 0 Å². The van der Waals surface area contributed by atoms with Crippen molar-refractivity contribution in [1.82, 2.24) is 0 Å². The average molecular weight is 192 g/mol. The van der Waals surface area contributed by atoms with Gasteiger partial charge in [0.2, 0.25) is 0 Å². The summed E-state index contributed by atoms with van der Waals surface area (Å²) in [6.45, 7) is 5.62. The molecule has 0 fully saturated rings. The molecule has 1 nitrogen and oxygen atoms in total. The Bertz CT molecular complexity index is 338. The van der Waals surface area contributed by atoms with Crippen molar-refractivity contribution in [1.29, 1.82) is 0 Å². The first-order chi connectivity index (χ1) is 6.25. The van der Waals surface area contributed by atoms with Crippen LogP contribution >= 0.6 is 0 Å². The van der Waals surface area contributed by atoms with E-state index in [0.717, 1.165) is 4.90 Å². The lowest BCUT2D eigenvalue weighted by Crippen LogP contribution is -1.91. The zero-order valence-corrected chi connectivity index (χ0v) is 8.38. The van der Waals surface area contributed by atoms with Crippen LogP contribution in [0.2, 0.25) is 0 Å². The zero-order chi connectivity index (χ0) is 9.68. The highest BCUT2D eigenvalue weighted by Crippen LogP contribution is 2.12. The molecular weight excluding hydrogens is 180 g/mol. The van der Waals surface area contributed by atoms with E-state index in [1.165, 1.54) is 0 Å². The van der Waals surface area contributed by atoms with Gasteiger partial charge in [-0.15, -0.1) is 0 Å². The van der Waals surface area contributed by atoms with Crippen LogP contribution in [0.5, 0.6) is 0 Å². The first-order valence-corrected chi connectivity index (χ1v) is 5.19. The summed E-state index contributed by atoms with van der Waals surface area (Å²) in [6.07, 6.45) is 3.60. The largest absolute Gasteiger partial charge is 0.249 e. The van der Waals surface area contributed by atoms with Crippen LogP contribution in [-0.4, -0.2) is 4.21 Å². The third-order valence-corrected chi connectivity index (χ3v) is 2.86. The van der Waals surface area contributed by atoms with Gasteiger partial charge in [-0.25, -0.2) is 4.21 Å². The second-order valence-electron chi connectivity index (χ2n) is 2.55. The number of rotatable bonds is 3. The van der Waals surface area contributed by atoms with Crippen molar-refractivity contribution in [3.05, 3.63) is 54.0 Å². The number of allylic oxidation sites excluding steroid dienone is 2. The van der Waals surface area contributed by atoms with Crippen molar-refractivity contribution < 1.29 is 4.21 Å². The molecule has 0 bridgehead atoms. The van der Waals surface area contributed by atoms with E-state index >= 15 is 0 Å². The fourth-order valence-corrected chi connectivity index (χ4v) is 1.91. The van der Waals surface area contributed by atoms with Gasteiger partial charge >= 0.3 is 0 Å². The van der Waals surface area contributed by atoms with Crippen LogP contribution in [0.1, 0.15) is 6.92 Å². The van der Waals surface area contributed by atoms with E-state index in [-0.39, 0.29) is 0 Å². The minimum Gasteiger partial charge on any atom is -0.249 e. The Morgan fingerprint density at radius 1 is 1.38 bits per heavy atom. The number of hydrogen-bond acceptors (Lipinski definition) is 1. The van der Waals surface area contributed by atoms with Gasteiger partial charge in [0.1, 0.15) is 0 Å². The molecule has 1 rings (SSSR count). The van der Waals surface area contributed by atoms with Crippen LogP contribution < -0.4 is 0 Å². The second-order valence-corrected chi connectivity index (χ2v) is 4.08. The highest BCUT2D eigenvalue weighted by atomic mass is 32.2. The van der Waals surface area contributed by atoms with E-state index in [4.69, 9.17) is 0 Å². The molecule has 0 aliphatic heterocycles. The smallest absolute Gasteiger partial charge is 0.0843 e. The summed E-state index contributed by atoms with van der Waals surface area (Å²) in [5, 5.41) is 0. The lowest BCUT2D eigenvalue weighted by Gasteiger charge is -1.99. The van der Waals surface area contributed by atoms with Gasteiger partial charge in [0.15, 0.2) is 0 Å².